The average molecular weight is 281 g/mol. The van der Waals surface area contributed by atoms with Crippen LogP contribution in [0.1, 0.15) is 36.7 Å². The fourth-order valence-electron chi connectivity index (χ4n) is 2.41. The monoisotopic (exact) mass is 281 g/mol. The second-order valence-electron chi connectivity index (χ2n) is 5.37. The molecule has 1 aromatic rings. The molecule has 0 unspecified atom stereocenters. The number of hydrogen-bond donors (Lipinski definition) is 3. The second kappa shape index (κ2) is 6.28. The van der Waals surface area contributed by atoms with Gasteiger partial charge in [0, 0.05) is 45.3 Å². The van der Waals surface area contributed by atoms with E-state index >= 15 is 0 Å². The smallest absolute Gasteiger partial charge is 0.268 e. The zero-order valence-electron chi connectivity index (χ0n) is 11.9. The third-order valence-electron chi connectivity index (χ3n) is 3.62. The van der Waals surface area contributed by atoms with Crippen LogP contribution < -0.4 is 11.1 Å². The van der Waals surface area contributed by atoms with Crippen LogP contribution in [0, 0.1) is 0 Å². The molecule has 1 aliphatic rings. The number of aliphatic hydroxyl groups is 1. The van der Waals surface area contributed by atoms with Crippen molar-refractivity contribution in [2.75, 3.05) is 25.5 Å². The second-order valence-corrected chi connectivity index (χ2v) is 5.37. The molecule has 1 amide bonds. The third-order valence-corrected chi connectivity index (χ3v) is 3.62. The van der Waals surface area contributed by atoms with E-state index in [-0.39, 0.29) is 12.5 Å². The number of carbonyl (C=O) groups is 1. The van der Waals surface area contributed by atoms with Crippen molar-refractivity contribution in [1.82, 2.24) is 9.88 Å². The molecular weight excluding hydrogens is 258 g/mol. The molecule has 1 aliphatic heterocycles. The number of anilines is 1. The number of nitrogen functional groups attached to an aromatic ring is 1. The fraction of sp³-hybridized carbons (Fsp3) is 0.643. The first-order valence-electron chi connectivity index (χ1n) is 7.08. The van der Waals surface area contributed by atoms with Gasteiger partial charge in [0.05, 0.1) is 11.3 Å². The van der Waals surface area contributed by atoms with Crippen LogP contribution in [0.2, 0.25) is 0 Å². The van der Waals surface area contributed by atoms with Crippen molar-refractivity contribution in [3.63, 3.8) is 0 Å². The van der Waals surface area contributed by atoms with E-state index in [9.17, 15) is 9.90 Å². The minimum Gasteiger partial charge on any atom is -0.397 e. The van der Waals surface area contributed by atoms with E-state index in [1.54, 1.807) is 12.3 Å². The summed E-state index contributed by atoms with van der Waals surface area (Å²) < 4.78 is 7.06. The van der Waals surface area contributed by atoms with Gasteiger partial charge in [0.2, 0.25) is 0 Å². The molecule has 1 aromatic heterocycles. The van der Waals surface area contributed by atoms with Crippen molar-refractivity contribution in [2.24, 2.45) is 0 Å². The molecule has 1 saturated heterocycles. The highest BCUT2D eigenvalue weighted by Crippen LogP contribution is 2.19. The van der Waals surface area contributed by atoms with Gasteiger partial charge >= 0.3 is 0 Å². The lowest BCUT2D eigenvalue weighted by Crippen LogP contribution is -2.46. The number of nitrogens with two attached hydrogens (primary N) is 1. The van der Waals surface area contributed by atoms with Crippen molar-refractivity contribution < 1.29 is 14.6 Å². The van der Waals surface area contributed by atoms with Crippen LogP contribution in [-0.4, -0.2) is 40.9 Å². The summed E-state index contributed by atoms with van der Waals surface area (Å²) in [5, 5.41) is 13.1. The molecular formula is C14H23N3O3. The number of nitrogens with one attached hydrogen (secondary N) is 1. The van der Waals surface area contributed by atoms with Crippen LogP contribution >= 0.6 is 0 Å². The number of rotatable bonds is 5. The molecule has 6 nitrogen and oxygen atoms in total. The highest BCUT2D eigenvalue weighted by Gasteiger charge is 2.30. The van der Waals surface area contributed by atoms with Gasteiger partial charge in [-0.15, -0.1) is 0 Å². The predicted molar refractivity (Wildman–Crippen MR) is 76.5 cm³/mol. The SMILES string of the molecule is CCCn1cc(N)cc1C(=O)NCC1(O)CCOCC1. The number of amides is 1. The lowest BCUT2D eigenvalue weighted by Gasteiger charge is -2.32. The summed E-state index contributed by atoms with van der Waals surface area (Å²) >= 11 is 0. The number of aryl methyl sites for hydroxylation is 1. The van der Waals surface area contributed by atoms with Crippen LogP contribution in [0.15, 0.2) is 12.3 Å². The van der Waals surface area contributed by atoms with Crippen LogP contribution in [0.4, 0.5) is 5.69 Å². The lowest BCUT2D eigenvalue weighted by molar-refractivity contribution is -0.0605. The van der Waals surface area contributed by atoms with E-state index in [1.165, 1.54) is 0 Å². The Kier molecular flexibility index (Phi) is 4.67. The molecule has 0 aliphatic carbocycles. The number of aromatic nitrogens is 1. The van der Waals surface area contributed by atoms with Crippen molar-refractivity contribution in [3.05, 3.63) is 18.0 Å². The van der Waals surface area contributed by atoms with Gasteiger partial charge in [-0.05, 0) is 12.5 Å². The number of ether oxygens (including phenoxy) is 1. The molecule has 1 fully saturated rings. The molecule has 0 aromatic carbocycles. The van der Waals surface area contributed by atoms with Crippen molar-refractivity contribution >= 4 is 11.6 Å². The predicted octanol–water partition coefficient (Wildman–Crippen LogP) is 0.752. The summed E-state index contributed by atoms with van der Waals surface area (Å²) in [5.41, 5.74) is 6.01. The van der Waals surface area contributed by atoms with E-state index in [0.717, 1.165) is 13.0 Å². The Morgan fingerprint density at radius 3 is 2.90 bits per heavy atom. The maximum absolute atomic E-state index is 12.2. The minimum atomic E-state index is -0.859. The van der Waals surface area contributed by atoms with E-state index in [4.69, 9.17) is 10.5 Å². The number of carbonyl (C=O) groups excluding carboxylic acids is 1. The molecule has 112 valence electrons. The first-order valence-corrected chi connectivity index (χ1v) is 7.08. The molecule has 6 heteroatoms. The quantitative estimate of drug-likeness (QED) is 0.743. The molecule has 20 heavy (non-hydrogen) atoms. The van der Waals surface area contributed by atoms with E-state index < -0.39 is 5.60 Å². The van der Waals surface area contributed by atoms with Gasteiger partial charge in [0.25, 0.3) is 5.91 Å². The summed E-state index contributed by atoms with van der Waals surface area (Å²) in [6.07, 6.45) is 3.79. The van der Waals surface area contributed by atoms with Crippen LogP contribution in [-0.2, 0) is 11.3 Å². The van der Waals surface area contributed by atoms with E-state index in [1.807, 2.05) is 11.5 Å². The largest absolute Gasteiger partial charge is 0.397 e. The Labute approximate surface area is 118 Å². The Bertz CT molecular complexity index is 464. The van der Waals surface area contributed by atoms with Gasteiger partial charge in [0.1, 0.15) is 5.69 Å². The fourth-order valence-corrected chi connectivity index (χ4v) is 2.41. The Morgan fingerprint density at radius 1 is 1.55 bits per heavy atom. The Morgan fingerprint density at radius 2 is 2.25 bits per heavy atom. The van der Waals surface area contributed by atoms with Crippen molar-refractivity contribution in [1.29, 1.82) is 0 Å². The van der Waals surface area contributed by atoms with Crippen LogP contribution in [0.25, 0.3) is 0 Å². The molecule has 0 radical (unpaired) electrons. The maximum Gasteiger partial charge on any atom is 0.268 e. The lowest BCUT2D eigenvalue weighted by atomic mass is 9.94. The highest BCUT2D eigenvalue weighted by atomic mass is 16.5. The van der Waals surface area contributed by atoms with Gasteiger partial charge < -0.3 is 25.5 Å². The Hall–Kier alpha value is -1.53. The van der Waals surface area contributed by atoms with Gasteiger partial charge in [-0.3, -0.25) is 4.79 Å². The first-order chi connectivity index (χ1) is 9.54. The van der Waals surface area contributed by atoms with Gasteiger partial charge in [-0.2, -0.15) is 0 Å². The van der Waals surface area contributed by atoms with Crippen molar-refractivity contribution in [3.8, 4) is 0 Å². The normalized spacial score (nSPS) is 17.9. The van der Waals surface area contributed by atoms with Crippen LogP contribution in [0.3, 0.4) is 0 Å². The summed E-state index contributed by atoms with van der Waals surface area (Å²) in [6.45, 7) is 4.10. The van der Waals surface area contributed by atoms with Gasteiger partial charge in [-0.25, -0.2) is 0 Å². The standard InChI is InChI=1S/C14H23N3O3/c1-2-5-17-9-11(15)8-12(17)13(18)16-10-14(19)3-6-20-7-4-14/h8-9,19H,2-7,10,15H2,1H3,(H,16,18). The summed E-state index contributed by atoms with van der Waals surface area (Å²) in [5.74, 6) is -0.199. The zero-order chi connectivity index (χ0) is 14.6. The van der Waals surface area contributed by atoms with E-state index in [2.05, 4.69) is 5.32 Å². The highest BCUT2D eigenvalue weighted by molar-refractivity contribution is 5.93. The average Bonchev–Trinajstić information content (AvgIpc) is 2.79. The summed E-state index contributed by atoms with van der Waals surface area (Å²) in [4.78, 5) is 12.2. The third kappa shape index (κ3) is 3.52. The molecule has 0 saturated carbocycles. The first kappa shape index (κ1) is 14.9. The number of nitrogens with zero attached hydrogens (tertiary/aromatic N) is 1. The maximum atomic E-state index is 12.2. The van der Waals surface area contributed by atoms with Crippen LogP contribution in [0.5, 0.6) is 0 Å². The molecule has 0 atom stereocenters. The summed E-state index contributed by atoms with van der Waals surface area (Å²) in [7, 11) is 0. The molecule has 0 spiro atoms. The van der Waals surface area contributed by atoms with Gasteiger partial charge in [-0.1, -0.05) is 6.92 Å². The molecule has 0 bridgehead atoms. The molecule has 4 N–H and O–H groups in total. The topological polar surface area (TPSA) is 89.5 Å². The molecule has 2 heterocycles. The zero-order valence-corrected chi connectivity index (χ0v) is 11.9. The number of hydrogen-bond acceptors (Lipinski definition) is 4. The molecule has 2 rings (SSSR count). The minimum absolute atomic E-state index is 0.199. The van der Waals surface area contributed by atoms with Crippen molar-refractivity contribution in [2.45, 2.75) is 38.3 Å². The van der Waals surface area contributed by atoms with Gasteiger partial charge in [0.15, 0.2) is 0 Å². The van der Waals surface area contributed by atoms with E-state index in [0.29, 0.717) is 37.4 Å². The Balaban J connectivity index is 1.97. The summed E-state index contributed by atoms with van der Waals surface area (Å²) in [6, 6.07) is 1.67.